The van der Waals surface area contributed by atoms with Crippen LogP contribution < -0.4 is 0 Å². The number of pyridine rings is 1. The van der Waals surface area contributed by atoms with E-state index in [-0.39, 0.29) is 5.78 Å². The number of nitrogens with zero attached hydrogens (tertiary/aromatic N) is 2. The second-order valence-electron chi connectivity index (χ2n) is 3.15. The Morgan fingerprint density at radius 3 is 3.07 bits per heavy atom. The standard InChI is InChI=1S/C10H9BrN2O/c1-7(14)6-9-12-10(11)8-4-2-3-5-13(8)9/h2-5H,6H2,1H3. The summed E-state index contributed by atoms with van der Waals surface area (Å²) in [7, 11) is 0. The highest BCUT2D eigenvalue weighted by Crippen LogP contribution is 2.18. The number of rotatable bonds is 2. The molecule has 0 saturated carbocycles. The number of aromatic nitrogens is 2. The van der Waals surface area contributed by atoms with Gasteiger partial charge in [-0.2, -0.15) is 0 Å². The minimum absolute atomic E-state index is 0.119. The van der Waals surface area contributed by atoms with Gasteiger partial charge >= 0.3 is 0 Å². The molecule has 0 aromatic carbocycles. The summed E-state index contributed by atoms with van der Waals surface area (Å²) in [4.78, 5) is 15.3. The van der Waals surface area contributed by atoms with E-state index in [1.165, 1.54) is 0 Å². The van der Waals surface area contributed by atoms with E-state index in [1.807, 2.05) is 28.8 Å². The lowest BCUT2D eigenvalue weighted by Crippen LogP contribution is -2.01. The highest BCUT2D eigenvalue weighted by atomic mass is 79.9. The van der Waals surface area contributed by atoms with E-state index in [1.54, 1.807) is 6.92 Å². The van der Waals surface area contributed by atoms with Crippen molar-refractivity contribution in [2.24, 2.45) is 0 Å². The first kappa shape index (κ1) is 9.40. The lowest BCUT2D eigenvalue weighted by Gasteiger charge is -1.96. The van der Waals surface area contributed by atoms with Gasteiger partial charge in [-0.25, -0.2) is 4.98 Å². The number of fused-ring (bicyclic) bond motifs is 1. The van der Waals surface area contributed by atoms with Crippen molar-refractivity contribution in [1.29, 1.82) is 0 Å². The molecule has 2 aromatic heterocycles. The molecule has 4 heteroatoms. The first-order valence-electron chi connectivity index (χ1n) is 4.29. The fourth-order valence-corrected chi connectivity index (χ4v) is 1.94. The minimum Gasteiger partial charge on any atom is -0.302 e. The van der Waals surface area contributed by atoms with Crippen molar-refractivity contribution in [3.05, 3.63) is 34.8 Å². The third-order valence-electron chi connectivity index (χ3n) is 1.98. The minimum atomic E-state index is 0.119. The lowest BCUT2D eigenvalue weighted by atomic mass is 10.3. The fraction of sp³-hybridized carbons (Fsp3) is 0.200. The van der Waals surface area contributed by atoms with Crippen molar-refractivity contribution < 1.29 is 4.79 Å². The Kier molecular flexibility index (Phi) is 2.37. The lowest BCUT2D eigenvalue weighted by molar-refractivity contribution is -0.116. The normalized spacial score (nSPS) is 10.7. The molecule has 0 atom stereocenters. The Morgan fingerprint density at radius 1 is 1.57 bits per heavy atom. The van der Waals surface area contributed by atoms with Gasteiger partial charge in [0.05, 0.1) is 11.9 Å². The van der Waals surface area contributed by atoms with Gasteiger partial charge in [0, 0.05) is 6.20 Å². The molecule has 0 aliphatic carbocycles. The quantitative estimate of drug-likeness (QED) is 0.822. The van der Waals surface area contributed by atoms with Crippen LogP contribution in [0, 0.1) is 0 Å². The van der Waals surface area contributed by atoms with Gasteiger partial charge in [-0.15, -0.1) is 0 Å². The Morgan fingerprint density at radius 2 is 2.36 bits per heavy atom. The van der Waals surface area contributed by atoms with E-state index >= 15 is 0 Å². The molecule has 0 bridgehead atoms. The summed E-state index contributed by atoms with van der Waals surface area (Å²) >= 11 is 3.36. The van der Waals surface area contributed by atoms with Crippen LogP contribution >= 0.6 is 15.9 Å². The number of carbonyl (C=O) groups excluding carboxylic acids is 1. The molecule has 0 N–H and O–H groups in total. The van der Waals surface area contributed by atoms with Crippen LogP contribution in [0.4, 0.5) is 0 Å². The molecule has 0 fully saturated rings. The van der Waals surface area contributed by atoms with Gasteiger partial charge in [0.1, 0.15) is 16.2 Å². The van der Waals surface area contributed by atoms with Crippen molar-refractivity contribution in [2.75, 3.05) is 0 Å². The van der Waals surface area contributed by atoms with Gasteiger partial charge in [0.15, 0.2) is 0 Å². The summed E-state index contributed by atoms with van der Waals surface area (Å²) in [5.41, 5.74) is 0.990. The monoisotopic (exact) mass is 252 g/mol. The van der Waals surface area contributed by atoms with Crippen LogP contribution in [0.3, 0.4) is 0 Å². The molecular weight excluding hydrogens is 244 g/mol. The molecule has 0 aliphatic heterocycles. The molecule has 0 spiro atoms. The van der Waals surface area contributed by atoms with E-state index < -0.39 is 0 Å². The van der Waals surface area contributed by atoms with Crippen LogP contribution in [0.2, 0.25) is 0 Å². The molecule has 0 amide bonds. The van der Waals surface area contributed by atoms with E-state index in [9.17, 15) is 4.79 Å². The Balaban J connectivity index is 2.60. The molecule has 3 nitrogen and oxygen atoms in total. The molecule has 2 heterocycles. The summed E-state index contributed by atoms with van der Waals surface area (Å²) in [6.45, 7) is 1.57. The third kappa shape index (κ3) is 1.57. The maximum atomic E-state index is 11.0. The SMILES string of the molecule is CC(=O)Cc1nc(Br)c2ccccn12. The summed E-state index contributed by atoms with van der Waals surface area (Å²) < 4.78 is 2.71. The maximum absolute atomic E-state index is 11.0. The van der Waals surface area contributed by atoms with Gasteiger partial charge < -0.3 is 4.40 Å². The van der Waals surface area contributed by atoms with Gasteiger partial charge in [-0.1, -0.05) is 6.07 Å². The molecule has 2 rings (SSSR count). The summed E-state index contributed by atoms with van der Waals surface area (Å²) in [6, 6.07) is 5.82. The van der Waals surface area contributed by atoms with Crippen LogP contribution in [0.5, 0.6) is 0 Å². The maximum Gasteiger partial charge on any atom is 0.137 e. The molecule has 72 valence electrons. The number of carbonyl (C=O) groups is 1. The van der Waals surface area contributed by atoms with Crippen molar-refractivity contribution in [3.63, 3.8) is 0 Å². The van der Waals surface area contributed by atoms with Gasteiger partial charge in [0.2, 0.25) is 0 Å². The first-order chi connectivity index (χ1) is 6.68. The van der Waals surface area contributed by atoms with E-state index in [2.05, 4.69) is 20.9 Å². The van der Waals surface area contributed by atoms with Crippen LogP contribution in [0.25, 0.3) is 5.52 Å². The molecule has 0 radical (unpaired) electrons. The van der Waals surface area contributed by atoms with E-state index in [0.717, 1.165) is 15.9 Å². The molecule has 0 unspecified atom stereocenters. The number of imidazole rings is 1. The average Bonchev–Trinajstić information content (AvgIpc) is 2.44. The van der Waals surface area contributed by atoms with E-state index in [0.29, 0.717) is 6.42 Å². The smallest absolute Gasteiger partial charge is 0.137 e. The zero-order valence-electron chi connectivity index (χ0n) is 7.70. The average molecular weight is 253 g/mol. The van der Waals surface area contributed by atoms with Crippen LogP contribution in [0.15, 0.2) is 29.0 Å². The highest BCUT2D eigenvalue weighted by Gasteiger charge is 2.09. The zero-order chi connectivity index (χ0) is 10.1. The van der Waals surface area contributed by atoms with Crippen molar-refractivity contribution in [3.8, 4) is 0 Å². The van der Waals surface area contributed by atoms with Gasteiger partial charge in [-0.05, 0) is 35.0 Å². The molecule has 14 heavy (non-hydrogen) atoms. The van der Waals surface area contributed by atoms with Gasteiger partial charge in [-0.3, -0.25) is 4.79 Å². The Labute approximate surface area is 89.9 Å². The summed E-state index contributed by atoms with van der Waals surface area (Å²) in [5.74, 6) is 0.897. The number of Topliss-reactive ketones (excluding diaryl/α,β-unsaturated/α-hetero) is 1. The molecule has 0 aliphatic rings. The number of ketones is 1. The number of hydrogen-bond donors (Lipinski definition) is 0. The molecule has 2 aromatic rings. The second kappa shape index (κ2) is 3.53. The predicted molar refractivity (Wildman–Crippen MR) is 57.3 cm³/mol. The summed E-state index contributed by atoms with van der Waals surface area (Å²) in [5, 5.41) is 0. The Hall–Kier alpha value is -1.16. The van der Waals surface area contributed by atoms with Crippen molar-refractivity contribution in [1.82, 2.24) is 9.38 Å². The molecular formula is C10H9BrN2O. The van der Waals surface area contributed by atoms with E-state index in [4.69, 9.17) is 0 Å². The van der Waals surface area contributed by atoms with Crippen LogP contribution in [-0.4, -0.2) is 15.2 Å². The number of hydrogen-bond acceptors (Lipinski definition) is 2. The topological polar surface area (TPSA) is 34.4 Å². The van der Waals surface area contributed by atoms with Crippen LogP contribution in [-0.2, 0) is 11.2 Å². The van der Waals surface area contributed by atoms with Crippen molar-refractivity contribution >= 4 is 27.2 Å². The first-order valence-corrected chi connectivity index (χ1v) is 5.08. The van der Waals surface area contributed by atoms with Gasteiger partial charge in [0.25, 0.3) is 0 Å². The predicted octanol–water partition coefficient (Wildman–Crippen LogP) is 2.23. The zero-order valence-corrected chi connectivity index (χ0v) is 9.28. The highest BCUT2D eigenvalue weighted by molar-refractivity contribution is 9.10. The summed E-state index contributed by atoms with van der Waals surface area (Å²) in [6.07, 6.45) is 2.28. The third-order valence-corrected chi connectivity index (χ3v) is 2.57. The fourth-order valence-electron chi connectivity index (χ4n) is 1.41. The second-order valence-corrected chi connectivity index (χ2v) is 3.90. The van der Waals surface area contributed by atoms with Crippen molar-refractivity contribution in [2.45, 2.75) is 13.3 Å². The largest absolute Gasteiger partial charge is 0.302 e. The molecule has 0 saturated heterocycles. The van der Waals surface area contributed by atoms with Crippen LogP contribution in [0.1, 0.15) is 12.7 Å². The Bertz CT molecular complexity index is 490. The number of halogens is 1.